The predicted octanol–water partition coefficient (Wildman–Crippen LogP) is 3.32. The molecule has 4 rings (SSSR count). The number of imidazole rings is 1. The highest BCUT2D eigenvalue weighted by Gasteiger charge is 2.35. The molecule has 1 saturated heterocycles. The van der Waals surface area contributed by atoms with Gasteiger partial charge in [-0.05, 0) is 35.9 Å². The maximum absolute atomic E-state index is 11.4. The fourth-order valence-electron chi connectivity index (χ4n) is 2.99. The summed E-state index contributed by atoms with van der Waals surface area (Å²) in [6.45, 7) is 0.450. The molecule has 3 aromatic rings. The molecule has 0 aliphatic carbocycles. The molecule has 0 saturated carbocycles. The Balaban J connectivity index is 1.77. The number of halogens is 1. The molecule has 2 unspecified atom stereocenters. The summed E-state index contributed by atoms with van der Waals surface area (Å²) in [4.78, 5) is 20.7. The van der Waals surface area contributed by atoms with Crippen molar-refractivity contribution >= 4 is 34.6 Å². The number of hydrogen-bond donors (Lipinski definition) is 1. The van der Waals surface area contributed by atoms with Crippen molar-refractivity contribution in [1.29, 1.82) is 0 Å². The van der Waals surface area contributed by atoms with Crippen LogP contribution < -0.4 is 4.90 Å². The van der Waals surface area contributed by atoms with Gasteiger partial charge >= 0.3 is 0 Å². The van der Waals surface area contributed by atoms with Crippen molar-refractivity contribution in [2.75, 3.05) is 11.5 Å². The third kappa shape index (κ3) is 2.48. The van der Waals surface area contributed by atoms with Crippen LogP contribution in [0.4, 0.5) is 5.69 Å². The van der Waals surface area contributed by atoms with Crippen LogP contribution in [0.25, 0.3) is 11.0 Å². The van der Waals surface area contributed by atoms with Crippen molar-refractivity contribution in [3.05, 3.63) is 59.4 Å². The standard InChI is InChI=1S/C17H14ClN3O2/c18-12-3-1-11(2-4-12)16-9-23-17(8-22)21(16)13-5-6-14-15(7-13)20-10-19-14/h1-8,10,16-17H,9H2,(H,19,20). The summed E-state index contributed by atoms with van der Waals surface area (Å²) < 4.78 is 5.66. The molecular formula is C17H14ClN3O2. The number of fused-ring (bicyclic) bond motifs is 1. The number of carbonyl (C=O) groups is 1. The third-order valence-electron chi connectivity index (χ3n) is 4.11. The van der Waals surface area contributed by atoms with E-state index in [2.05, 4.69) is 9.97 Å². The zero-order valence-electron chi connectivity index (χ0n) is 12.1. The number of ether oxygens (including phenoxy) is 1. The first-order valence-electron chi connectivity index (χ1n) is 7.30. The lowest BCUT2D eigenvalue weighted by Gasteiger charge is -2.28. The molecule has 1 aliphatic heterocycles. The average Bonchev–Trinajstić information content (AvgIpc) is 3.21. The van der Waals surface area contributed by atoms with Gasteiger partial charge in [0.25, 0.3) is 0 Å². The van der Waals surface area contributed by atoms with Crippen LogP contribution in [0.1, 0.15) is 11.6 Å². The fraction of sp³-hybridized carbons (Fsp3) is 0.176. The molecule has 6 heteroatoms. The molecule has 1 N–H and O–H groups in total. The van der Waals surface area contributed by atoms with E-state index in [0.29, 0.717) is 11.6 Å². The maximum Gasteiger partial charge on any atom is 0.187 e. The van der Waals surface area contributed by atoms with E-state index < -0.39 is 6.23 Å². The summed E-state index contributed by atoms with van der Waals surface area (Å²) >= 11 is 5.97. The zero-order chi connectivity index (χ0) is 15.8. The van der Waals surface area contributed by atoms with Crippen LogP contribution >= 0.6 is 11.6 Å². The van der Waals surface area contributed by atoms with Gasteiger partial charge in [0.05, 0.1) is 30.0 Å². The average molecular weight is 328 g/mol. The molecule has 0 amide bonds. The number of benzene rings is 2. The molecule has 0 spiro atoms. The van der Waals surface area contributed by atoms with Crippen LogP contribution in [0.2, 0.25) is 5.02 Å². The summed E-state index contributed by atoms with van der Waals surface area (Å²) in [6, 6.07) is 13.5. The molecule has 2 heterocycles. The molecule has 1 aliphatic rings. The number of anilines is 1. The van der Waals surface area contributed by atoms with Gasteiger partial charge in [-0.25, -0.2) is 4.98 Å². The van der Waals surface area contributed by atoms with Gasteiger partial charge in [-0.3, -0.25) is 4.79 Å². The number of aromatic nitrogens is 2. The minimum Gasteiger partial charge on any atom is -0.349 e. The van der Waals surface area contributed by atoms with Crippen LogP contribution in [-0.4, -0.2) is 29.1 Å². The van der Waals surface area contributed by atoms with E-state index in [9.17, 15) is 4.79 Å². The third-order valence-corrected chi connectivity index (χ3v) is 4.36. The Labute approximate surface area is 137 Å². The van der Waals surface area contributed by atoms with Crippen LogP contribution in [0.5, 0.6) is 0 Å². The molecule has 2 aromatic carbocycles. The van der Waals surface area contributed by atoms with Crippen LogP contribution in [0, 0.1) is 0 Å². The Morgan fingerprint density at radius 2 is 2.09 bits per heavy atom. The van der Waals surface area contributed by atoms with E-state index in [0.717, 1.165) is 28.6 Å². The largest absolute Gasteiger partial charge is 0.349 e. The molecule has 1 fully saturated rings. The van der Waals surface area contributed by atoms with Gasteiger partial charge in [0.15, 0.2) is 12.5 Å². The molecule has 2 atom stereocenters. The normalized spacial score (nSPS) is 21.0. The second-order valence-electron chi connectivity index (χ2n) is 5.44. The number of aldehydes is 1. The van der Waals surface area contributed by atoms with Crippen molar-refractivity contribution in [1.82, 2.24) is 9.97 Å². The Kier molecular flexibility index (Phi) is 3.52. The molecule has 116 valence electrons. The number of H-pyrrole nitrogens is 1. The topological polar surface area (TPSA) is 58.2 Å². The quantitative estimate of drug-likeness (QED) is 0.750. The first-order valence-corrected chi connectivity index (χ1v) is 7.68. The number of nitrogens with zero attached hydrogens (tertiary/aromatic N) is 2. The summed E-state index contributed by atoms with van der Waals surface area (Å²) in [5.41, 5.74) is 3.79. The van der Waals surface area contributed by atoms with Gasteiger partial charge in [0.1, 0.15) is 0 Å². The highest BCUT2D eigenvalue weighted by atomic mass is 35.5. The molecule has 1 aromatic heterocycles. The van der Waals surface area contributed by atoms with Crippen molar-refractivity contribution in [3.63, 3.8) is 0 Å². The van der Waals surface area contributed by atoms with Gasteiger partial charge in [0, 0.05) is 10.7 Å². The van der Waals surface area contributed by atoms with E-state index in [1.54, 1.807) is 6.33 Å². The molecule has 0 bridgehead atoms. The second-order valence-corrected chi connectivity index (χ2v) is 5.88. The summed E-state index contributed by atoms with van der Waals surface area (Å²) in [6.07, 6.45) is 1.88. The summed E-state index contributed by atoms with van der Waals surface area (Å²) in [5.74, 6) is 0. The highest BCUT2D eigenvalue weighted by Crippen LogP contribution is 2.36. The Hall–Kier alpha value is -2.37. The fourth-order valence-corrected chi connectivity index (χ4v) is 3.11. The lowest BCUT2D eigenvalue weighted by molar-refractivity contribution is -0.115. The first-order chi connectivity index (χ1) is 11.3. The summed E-state index contributed by atoms with van der Waals surface area (Å²) in [7, 11) is 0. The van der Waals surface area contributed by atoms with E-state index in [1.807, 2.05) is 47.4 Å². The molecule has 5 nitrogen and oxygen atoms in total. The number of rotatable bonds is 3. The minimum absolute atomic E-state index is 0.0390. The predicted molar refractivity (Wildman–Crippen MR) is 88.6 cm³/mol. The Bertz CT molecular complexity index is 846. The van der Waals surface area contributed by atoms with Gasteiger partial charge < -0.3 is 14.6 Å². The number of nitrogens with one attached hydrogen (secondary N) is 1. The van der Waals surface area contributed by atoms with Gasteiger partial charge in [0.2, 0.25) is 0 Å². The van der Waals surface area contributed by atoms with Gasteiger partial charge in [-0.15, -0.1) is 0 Å². The van der Waals surface area contributed by atoms with E-state index in [4.69, 9.17) is 16.3 Å². The summed E-state index contributed by atoms with van der Waals surface area (Å²) in [5, 5.41) is 0.685. The minimum atomic E-state index is -0.601. The lowest BCUT2D eigenvalue weighted by Crippen LogP contribution is -2.33. The first kappa shape index (κ1) is 14.2. The Morgan fingerprint density at radius 3 is 2.87 bits per heavy atom. The van der Waals surface area contributed by atoms with Gasteiger partial charge in [-0.2, -0.15) is 0 Å². The zero-order valence-corrected chi connectivity index (χ0v) is 12.9. The van der Waals surface area contributed by atoms with Crippen LogP contribution in [0.3, 0.4) is 0 Å². The van der Waals surface area contributed by atoms with E-state index in [-0.39, 0.29) is 6.04 Å². The lowest BCUT2D eigenvalue weighted by atomic mass is 10.1. The SMILES string of the molecule is O=CC1OCC(c2ccc(Cl)cc2)N1c1ccc2nc[nH]c2c1. The van der Waals surface area contributed by atoms with Crippen LogP contribution in [-0.2, 0) is 9.53 Å². The second kappa shape index (κ2) is 5.68. The van der Waals surface area contributed by atoms with Crippen molar-refractivity contribution in [3.8, 4) is 0 Å². The smallest absolute Gasteiger partial charge is 0.187 e. The molecule has 23 heavy (non-hydrogen) atoms. The van der Waals surface area contributed by atoms with Crippen molar-refractivity contribution < 1.29 is 9.53 Å². The number of aromatic amines is 1. The van der Waals surface area contributed by atoms with Crippen LogP contribution in [0.15, 0.2) is 48.8 Å². The number of carbonyl (C=O) groups excluding carboxylic acids is 1. The monoisotopic (exact) mass is 327 g/mol. The van der Waals surface area contributed by atoms with Crippen molar-refractivity contribution in [2.45, 2.75) is 12.3 Å². The van der Waals surface area contributed by atoms with Crippen molar-refractivity contribution in [2.24, 2.45) is 0 Å². The molecular weight excluding hydrogens is 314 g/mol. The maximum atomic E-state index is 11.4. The molecule has 0 radical (unpaired) electrons. The van der Waals surface area contributed by atoms with Gasteiger partial charge in [-0.1, -0.05) is 23.7 Å². The Morgan fingerprint density at radius 1 is 1.26 bits per heavy atom. The number of hydrogen-bond acceptors (Lipinski definition) is 4. The van der Waals surface area contributed by atoms with E-state index in [1.165, 1.54) is 0 Å². The van der Waals surface area contributed by atoms with E-state index >= 15 is 0 Å². The highest BCUT2D eigenvalue weighted by molar-refractivity contribution is 6.30.